The van der Waals surface area contributed by atoms with Crippen LogP contribution in [-0.4, -0.2) is 17.1 Å². The third kappa shape index (κ3) is 2.38. The lowest BCUT2D eigenvalue weighted by atomic mass is 10.2. The molecule has 94 valence electrons. The van der Waals surface area contributed by atoms with Crippen molar-refractivity contribution < 1.29 is 4.74 Å². The van der Waals surface area contributed by atoms with E-state index in [4.69, 9.17) is 10.5 Å². The van der Waals surface area contributed by atoms with E-state index in [0.717, 1.165) is 15.7 Å². The Bertz CT molecular complexity index is 574. The molecule has 1 aromatic carbocycles. The van der Waals surface area contributed by atoms with Gasteiger partial charge in [-0.1, -0.05) is 12.1 Å². The molecule has 0 aliphatic rings. The van der Waals surface area contributed by atoms with Crippen LogP contribution in [0.3, 0.4) is 0 Å². The van der Waals surface area contributed by atoms with Crippen molar-refractivity contribution >= 4 is 33.3 Å². The molecule has 0 radical (unpaired) electrons. The van der Waals surface area contributed by atoms with E-state index in [2.05, 4.69) is 31.2 Å². The Hall–Kier alpha value is -1.82. The average Bonchev–Trinajstić information content (AvgIpc) is 2.35. The van der Waals surface area contributed by atoms with Crippen LogP contribution >= 0.6 is 15.9 Å². The van der Waals surface area contributed by atoms with E-state index in [1.807, 2.05) is 25.1 Å². The summed E-state index contributed by atoms with van der Waals surface area (Å²) in [6.07, 6.45) is 1.39. The molecule has 1 aromatic heterocycles. The summed E-state index contributed by atoms with van der Waals surface area (Å²) in [5, 5.41) is 3.17. The van der Waals surface area contributed by atoms with Crippen LogP contribution in [0.1, 0.15) is 5.56 Å². The number of ether oxygens (including phenoxy) is 1. The highest BCUT2D eigenvalue weighted by Crippen LogP contribution is 2.33. The van der Waals surface area contributed by atoms with Gasteiger partial charge in [0.1, 0.15) is 6.33 Å². The van der Waals surface area contributed by atoms with Gasteiger partial charge in [-0.25, -0.2) is 9.97 Å². The molecule has 6 heteroatoms. The molecule has 5 nitrogen and oxygen atoms in total. The fourth-order valence-electron chi connectivity index (χ4n) is 1.55. The van der Waals surface area contributed by atoms with Gasteiger partial charge in [-0.3, -0.25) is 0 Å². The quantitative estimate of drug-likeness (QED) is 0.912. The van der Waals surface area contributed by atoms with Crippen molar-refractivity contribution in [3.63, 3.8) is 0 Å². The number of hydrogen-bond acceptors (Lipinski definition) is 5. The molecule has 2 aromatic rings. The van der Waals surface area contributed by atoms with Gasteiger partial charge in [-0.2, -0.15) is 0 Å². The minimum atomic E-state index is 0.304. The molecular formula is C12H13BrN4O. The average molecular weight is 309 g/mol. The van der Waals surface area contributed by atoms with E-state index < -0.39 is 0 Å². The molecule has 18 heavy (non-hydrogen) atoms. The second kappa shape index (κ2) is 5.22. The first kappa shape index (κ1) is 12.6. The smallest absolute Gasteiger partial charge is 0.204 e. The van der Waals surface area contributed by atoms with Crippen molar-refractivity contribution in [1.29, 1.82) is 0 Å². The second-order valence-electron chi connectivity index (χ2n) is 3.70. The first-order valence-electron chi connectivity index (χ1n) is 5.30. The summed E-state index contributed by atoms with van der Waals surface area (Å²) < 4.78 is 6.17. The number of benzene rings is 1. The minimum absolute atomic E-state index is 0.304. The number of aryl methyl sites for hydroxylation is 1. The first-order valence-corrected chi connectivity index (χ1v) is 6.09. The summed E-state index contributed by atoms with van der Waals surface area (Å²) in [5.41, 5.74) is 7.75. The van der Waals surface area contributed by atoms with Crippen molar-refractivity contribution in [3.8, 4) is 5.75 Å². The van der Waals surface area contributed by atoms with Gasteiger partial charge in [0, 0.05) is 4.47 Å². The van der Waals surface area contributed by atoms with E-state index in [9.17, 15) is 0 Å². The fourth-order valence-corrected chi connectivity index (χ4v) is 1.91. The highest BCUT2D eigenvalue weighted by molar-refractivity contribution is 9.10. The summed E-state index contributed by atoms with van der Waals surface area (Å²) in [5.74, 6) is 1.28. The predicted molar refractivity (Wildman–Crippen MR) is 75.2 cm³/mol. The van der Waals surface area contributed by atoms with Gasteiger partial charge in [0.25, 0.3) is 0 Å². The van der Waals surface area contributed by atoms with E-state index in [1.165, 1.54) is 13.4 Å². The van der Waals surface area contributed by atoms with Crippen LogP contribution in [0, 0.1) is 6.92 Å². The maximum Gasteiger partial charge on any atom is 0.204 e. The van der Waals surface area contributed by atoms with Gasteiger partial charge >= 0.3 is 0 Å². The number of rotatable bonds is 3. The zero-order valence-electron chi connectivity index (χ0n) is 10.1. The van der Waals surface area contributed by atoms with Crippen molar-refractivity contribution in [2.75, 3.05) is 18.2 Å². The molecule has 0 saturated carbocycles. The normalized spacial score (nSPS) is 10.2. The molecule has 2 rings (SSSR count). The molecule has 0 atom stereocenters. The Kier molecular flexibility index (Phi) is 3.66. The van der Waals surface area contributed by atoms with Gasteiger partial charge in [-0.05, 0) is 34.5 Å². The van der Waals surface area contributed by atoms with Gasteiger partial charge < -0.3 is 15.8 Å². The van der Waals surface area contributed by atoms with E-state index in [1.54, 1.807) is 0 Å². The number of anilines is 3. The van der Waals surface area contributed by atoms with E-state index in [0.29, 0.717) is 17.4 Å². The summed E-state index contributed by atoms with van der Waals surface area (Å²) >= 11 is 3.52. The summed E-state index contributed by atoms with van der Waals surface area (Å²) in [4.78, 5) is 8.01. The zero-order valence-corrected chi connectivity index (χ0v) is 11.7. The topological polar surface area (TPSA) is 73.1 Å². The standard InChI is InChI=1S/C12H13BrN4O/c1-7-4-3-5-8(9(7)13)17-12-10(18-2)11(14)15-6-16-12/h3-6H,1-2H3,(H3,14,15,16,17). The summed E-state index contributed by atoms with van der Waals surface area (Å²) in [7, 11) is 1.53. The molecule has 0 bridgehead atoms. The van der Waals surface area contributed by atoms with E-state index in [-0.39, 0.29) is 0 Å². The highest BCUT2D eigenvalue weighted by atomic mass is 79.9. The van der Waals surface area contributed by atoms with Gasteiger partial charge in [0.15, 0.2) is 11.6 Å². The van der Waals surface area contributed by atoms with Gasteiger partial charge in [0.2, 0.25) is 5.75 Å². The maximum absolute atomic E-state index is 5.73. The fraction of sp³-hybridized carbons (Fsp3) is 0.167. The van der Waals surface area contributed by atoms with Crippen LogP contribution in [0.5, 0.6) is 5.75 Å². The Balaban J connectivity index is 2.40. The van der Waals surface area contributed by atoms with Gasteiger partial charge in [-0.15, -0.1) is 0 Å². The number of nitrogens with zero attached hydrogens (tertiary/aromatic N) is 2. The lowest BCUT2D eigenvalue weighted by Crippen LogP contribution is -2.03. The lowest BCUT2D eigenvalue weighted by Gasteiger charge is -2.13. The predicted octanol–water partition coefficient (Wildman–Crippen LogP) is 2.88. The van der Waals surface area contributed by atoms with Crippen LogP contribution in [-0.2, 0) is 0 Å². The molecule has 0 spiro atoms. The SMILES string of the molecule is COc1c(N)ncnc1Nc1cccc(C)c1Br. The van der Waals surface area contributed by atoms with Crippen LogP contribution in [0.4, 0.5) is 17.3 Å². The van der Waals surface area contributed by atoms with Crippen molar-refractivity contribution in [2.45, 2.75) is 6.92 Å². The molecule has 0 saturated heterocycles. The third-order valence-corrected chi connectivity index (χ3v) is 3.53. The summed E-state index contributed by atoms with van der Waals surface area (Å²) in [6.45, 7) is 2.01. The highest BCUT2D eigenvalue weighted by Gasteiger charge is 2.11. The summed E-state index contributed by atoms with van der Waals surface area (Å²) in [6, 6.07) is 5.91. The van der Waals surface area contributed by atoms with E-state index >= 15 is 0 Å². The van der Waals surface area contributed by atoms with Crippen LogP contribution in [0.2, 0.25) is 0 Å². The van der Waals surface area contributed by atoms with Crippen LogP contribution in [0.15, 0.2) is 29.0 Å². The molecule has 0 unspecified atom stereocenters. The second-order valence-corrected chi connectivity index (χ2v) is 4.50. The largest absolute Gasteiger partial charge is 0.490 e. The Labute approximate surface area is 114 Å². The van der Waals surface area contributed by atoms with Crippen molar-refractivity contribution in [3.05, 3.63) is 34.6 Å². The Morgan fingerprint density at radius 3 is 2.83 bits per heavy atom. The molecular weight excluding hydrogens is 296 g/mol. The zero-order chi connectivity index (χ0) is 13.1. The van der Waals surface area contributed by atoms with Crippen LogP contribution < -0.4 is 15.8 Å². The number of methoxy groups -OCH3 is 1. The molecule has 0 aliphatic carbocycles. The Morgan fingerprint density at radius 2 is 2.11 bits per heavy atom. The Morgan fingerprint density at radius 1 is 1.33 bits per heavy atom. The number of nitrogens with one attached hydrogen (secondary N) is 1. The monoisotopic (exact) mass is 308 g/mol. The third-order valence-electron chi connectivity index (χ3n) is 2.48. The molecule has 1 heterocycles. The molecule has 0 aliphatic heterocycles. The molecule has 0 fully saturated rings. The number of nitrogen functional groups attached to an aromatic ring is 1. The number of hydrogen-bond donors (Lipinski definition) is 2. The molecule has 0 amide bonds. The van der Waals surface area contributed by atoms with Crippen LogP contribution in [0.25, 0.3) is 0 Å². The maximum atomic E-state index is 5.73. The van der Waals surface area contributed by atoms with Gasteiger partial charge in [0.05, 0.1) is 12.8 Å². The molecule has 3 N–H and O–H groups in total. The number of halogens is 1. The minimum Gasteiger partial charge on any atom is -0.490 e. The number of nitrogens with two attached hydrogens (primary N) is 1. The number of aromatic nitrogens is 2. The van der Waals surface area contributed by atoms with Crippen molar-refractivity contribution in [2.24, 2.45) is 0 Å². The lowest BCUT2D eigenvalue weighted by molar-refractivity contribution is 0.415. The first-order chi connectivity index (χ1) is 8.63. The van der Waals surface area contributed by atoms with Crippen molar-refractivity contribution in [1.82, 2.24) is 9.97 Å².